The number of sulfone groups is 1. The van der Waals surface area contributed by atoms with Crippen molar-refractivity contribution in [2.45, 2.75) is 30.6 Å². The van der Waals surface area contributed by atoms with Crippen LogP contribution < -0.4 is 9.64 Å². The molecule has 1 aliphatic carbocycles. The summed E-state index contributed by atoms with van der Waals surface area (Å²) in [7, 11) is -3.49. The number of ether oxygens (including phenoxy) is 1. The largest absolute Gasteiger partial charge is 0.489 e. The molecule has 2 heterocycles. The first-order valence-corrected chi connectivity index (χ1v) is 10.4. The molecule has 0 N–H and O–H groups in total. The van der Waals surface area contributed by atoms with Gasteiger partial charge in [0.15, 0.2) is 9.84 Å². The number of hydrogen-bond acceptors (Lipinski definition) is 5. The van der Waals surface area contributed by atoms with Crippen LogP contribution in [0.3, 0.4) is 0 Å². The number of hydrogen-bond donors (Lipinski definition) is 0. The summed E-state index contributed by atoms with van der Waals surface area (Å²) in [6.45, 7) is 0.788. The number of amides is 1. The Morgan fingerprint density at radius 3 is 2.92 bits per heavy atom. The number of fused-ring (bicyclic) bond motifs is 2. The smallest absolute Gasteiger partial charge is 0.228 e. The van der Waals surface area contributed by atoms with Crippen molar-refractivity contribution in [3.8, 4) is 5.75 Å². The van der Waals surface area contributed by atoms with Crippen molar-refractivity contribution in [2.24, 2.45) is 0 Å². The highest BCUT2D eigenvalue weighted by Gasteiger charge is 2.26. The van der Waals surface area contributed by atoms with Crippen LogP contribution in [0.1, 0.15) is 24.0 Å². The minimum absolute atomic E-state index is 0.0618. The van der Waals surface area contributed by atoms with Crippen LogP contribution in [0.15, 0.2) is 41.6 Å². The van der Waals surface area contributed by atoms with E-state index in [0.717, 1.165) is 24.8 Å². The Bertz CT molecular complexity index is 956. The number of aromatic nitrogens is 1. The number of rotatable bonds is 4. The van der Waals surface area contributed by atoms with Gasteiger partial charge in [-0.2, -0.15) is 0 Å². The molecule has 1 aliphatic heterocycles. The molecule has 0 saturated carbocycles. The maximum Gasteiger partial charge on any atom is 0.228 e. The summed E-state index contributed by atoms with van der Waals surface area (Å²) in [4.78, 5) is 18.5. The van der Waals surface area contributed by atoms with Crippen LogP contribution >= 0.6 is 0 Å². The Morgan fingerprint density at radius 2 is 2.04 bits per heavy atom. The third-order valence-corrected chi connectivity index (χ3v) is 6.65. The molecule has 1 aromatic carbocycles. The second kappa shape index (κ2) is 6.72. The number of benzene rings is 1. The topological polar surface area (TPSA) is 76.6 Å². The van der Waals surface area contributed by atoms with Gasteiger partial charge in [-0.3, -0.25) is 9.78 Å². The number of carbonyl (C=O) groups excluding carboxylic acids is 1. The Balaban J connectivity index is 1.48. The van der Waals surface area contributed by atoms with Crippen LogP contribution in [0.2, 0.25) is 0 Å². The number of carbonyl (C=O) groups is 1. The van der Waals surface area contributed by atoms with Crippen molar-refractivity contribution in [1.29, 1.82) is 0 Å². The summed E-state index contributed by atoms with van der Waals surface area (Å²) in [5.41, 5.74) is 2.95. The van der Waals surface area contributed by atoms with Gasteiger partial charge in [-0.05, 0) is 42.5 Å². The molecule has 0 unspecified atom stereocenters. The van der Waals surface area contributed by atoms with Gasteiger partial charge in [0.1, 0.15) is 18.0 Å². The fourth-order valence-corrected chi connectivity index (χ4v) is 4.82. The molecular formula is C19H20N2O4S. The quantitative estimate of drug-likeness (QED) is 0.822. The maximum absolute atomic E-state index is 12.7. The third-order valence-electron chi connectivity index (χ3n) is 4.94. The van der Waals surface area contributed by atoms with Crippen LogP contribution in [-0.4, -0.2) is 38.2 Å². The molecule has 2 aromatic rings. The van der Waals surface area contributed by atoms with Gasteiger partial charge in [-0.1, -0.05) is 6.07 Å². The zero-order valence-corrected chi connectivity index (χ0v) is 15.2. The Kier molecular flexibility index (Phi) is 4.40. The van der Waals surface area contributed by atoms with Crippen molar-refractivity contribution in [2.75, 3.05) is 23.8 Å². The molecule has 1 aromatic heterocycles. The predicted octanol–water partition coefficient (Wildman–Crippen LogP) is 2.16. The van der Waals surface area contributed by atoms with E-state index in [1.54, 1.807) is 35.5 Å². The highest BCUT2D eigenvalue weighted by Crippen LogP contribution is 2.31. The standard InChI is InChI=1S/C19H20N2O4S/c22-19(21-9-10-25-18-6-8-20-13-17(18)21)7-11-26(23,24)16-5-4-14-2-1-3-15(14)12-16/h4-6,8,12-13H,1-3,7,9-11H2. The van der Waals surface area contributed by atoms with E-state index >= 15 is 0 Å². The molecule has 0 fully saturated rings. The predicted molar refractivity (Wildman–Crippen MR) is 97.2 cm³/mol. The number of nitrogens with zero attached hydrogens (tertiary/aromatic N) is 2. The van der Waals surface area contributed by atoms with Gasteiger partial charge < -0.3 is 9.64 Å². The van der Waals surface area contributed by atoms with Crippen LogP contribution in [0.25, 0.3) is 0 Å². The molecule has 0 atom stereocenters. The molecular weight excluding hydrogens is 352 g/mol. The second-order valence-electron chi connectivity index (χ2n) is 6.59. The first-order valence-electron chi connectivity index (χ1n) is 8.76. The van der Waals surface area contributed by atoms with Crippen molar-refractivity contribution < 1.29 is 17.9 Å². The van der Waals surface area contributed by atoms with E-state index in [4.69, 9.17) is 4.74 Å². The summed E-state index contributed by atoms with van der Waals surface area (Å²) in [6, 6.07) is 7.05. The number of aryl methyl sites for hydroxylation is 2. The fourth-order valence-electron chi connectivity index (χ4n) is 3.54. The van der Waals surface area contributed by atoms with E-state index in [-0.39, 0.29) is 18.1 Å². The molecule has 0 bridgehead atoms. The van der Waals surface area contributed by atoms with E-state index < -0.39 is 9.84 Å². The summed E-state index contributed by atoms with van der Waals surface area (Å²) in [5.74, 6) is 0.172. The highest BCUT2D eigenvalue weighted by atomic mass is 32.2. The monoisotopic (exact) mass is 372 g/mol. The third kappa shape index (κ3) is 3.19. The minimum Gasteiger partial charge on any atom is -0.489 e. The van der Waals surface area contributed by atoms with E-state index in [2.05, 4.69) is 4.98 Å². The second-order valence-corrected chi connectivity index (χ2v) is 8.70. The molecule has 1 amide bonds. The minimum atomic E-state index is -3.49. The van der Waals surface area contributed by atoms with E-state index in [9.17, 15) is 13.2 Å². The van der Waals surface area contributed by atoms with Gasteiger partial charge in [-0.25, -0.2) is 8.42 Å². The van der Waals surface area contributed by atoms with E-state index in [1.165, 1.54) is 5.56 Å². The Hall–Kier alpha value is -2.41. The lowest BCUT2D eigenvalue weighted by molar-refractivity contribution is -0.118. The summed E-state index contributed by atoms with van der Waals surface area (Å²) in [5, 5.41) is 0. The van der Waals surface area contributed by atoms with Crippen LogP contribution in [0, 0.1) is 0 Å². The zero-order valence-electron chi connectivity index (χ0n) is 14.3. The number of pyridine rings is 1. The van der Waals surface area contributed by atoms with Gasteiger partial charge >= 0.3 is 0 Å². The highest BCUT2D eigenvalue weighted by molar-refractivity contribution is 7.91. The normalized spacial score (nSPS) is 15.9. The van der Waals surface area contributed by atoms with Gasteiger partial charge in [0.2, 0.25) is 5.91 Å². The number of anilines is 1. The molecule has 6 nitrogen and oxygen atoms in total. The zero-order chi connectivity index (χ0) is 18.1. The molecule has 0 spiro atoms. The average molecular weight is 372 g/mol. The van der Waals surface area contributed by atoms with Crippen LogP contribution in [0.5, 0.6) is 5.75 Å². The summed E-state index contributed by atoms with van der Waals surface area (Å²) >= 11 is 0. The van der Waals surface area contributed by atoms with Crippen LogP contribution in [0.4, 0.5) is 5.69 Å². The molecule has 2 aliphatic rings. The molecule has 26 heavy (non-hydrogen) atoms. The SMILES string of the molecule is O=C(CCS(=O)(=O)c1ccc2c(c1)CCC2)N1CCOc2ccncc21. The fraction of sp³-hybridized carbons (Fsp3) is 0.368. The first-order chi connectivity index (χ1) is 12.5. The molecule has 136 valence electrons. The van der Waals surface area contributed by atoms with Crippen LogP contribution in [-0.2, 0) is 27.5 Å². The van der Waals surface area contributed by atoms with E-state index in [0.29, 0.717) is 29.5 Å². The Labute approximate surface area is 152 Å². The summed E-state index contributed by atoms with van der Waals surface area (Å²) < 4.78 is 30.8. The average Bonchev–Trinajstić information content (AvgIpc) is 3.13. The van der Waals surface area contributed by atoms with Crippen molar-refractivity contribution in [3.63, 3.8) is 0 Å². The Morgan fingerprint density at radius 1 is 1.19 bits per heavy atom. The lowest BCUT2D eigenvalue weighted by Gasteiger charge is -2.29. The van der Waals surface area contributed by atoms with Gasteiger partial charge in [0.05, 0.1) is 23.4 Å². The van der Waals surface area contributed by atoms with Gasteiger partial charge in [-0.15, -0.1) is 0 Å². The summed E-state index contributed by atoms with van der Waals surface area (Å²) in [6.07, 6.45) is 6.12. The molecule has 7 heteroatoms. The maximum atomic E-state index is 12.7. The van der Waals surface area contributed by atoms with Gasteiger partial charge in [0.25, 0.3) is 0 Å². The lowest BCUT2D eigenvalue weighted by atomic mass is 10.1. The molecule has 0 saturated heterocycles. The van der Waals surface area contributed by atoms with Crippen molar-refractivity contribution in [3.05, 3.63) is 47.8 Å². The molecule has 4 rings (SSSR count). The van der Waals surface area contributed by atoms with Crippen molar-refractivity contribution >= 4 is 21.4 Å². The molecule has 0 radical (unpaired) electrons. The first kappa shape index (κ1) is 17.0. The lowest BCUT2D eigenvalue weighted by Crippen LogP contribution is -2.38. The van der Waals surface area contributed by atoms with Crippen molar-refractivity contribution in [1.82, 2.24) is 4.98 Å². The van der Waals surface area contributed by atoms with Gasteiger partial charge in [0, 0.05) is 18.7 Å². The van der Waals surface area contributed by atoms with E-state index in [1.807, 2.05) is 6.07 Å².